The van der Waals surface area contributed by atoms with Crippen LogP contribution in [0, 0.1) is 11.3 Å². The fraction of sp³-hybridized carbons (Fsp3) is 0.0625. The lowest BCUT2D eigenvalue weighted by atomic mass is 9.97. The highest BCUT2D eigenvalue weighted by Crippen LogP contribution is 2.44. The fourth-order valence-corrected chi connectivity index (χ4v) is 4.08. The second-order valence-electron chi connectivity index (χ2n) is 5.09. The first kappa shape index (κ1) is 17.0. The van der Waals surface area contributed by atoms with Crippen molar-refractivity contribution in [3.63, 3.8) is 0 Å². The molecule has 0 aliphatic rings. The number of nitriles is 1. The molecule has 9 heteroatoms. The van der Waals surface area contributed by atoms with Gasteiger partial charge in [-0.2, -0.15) is 5.26 Å². The number of carbonyl (C=O) groups excluding carboxylic acids is 1. The van der Waals surface area contributed by atoms with Crippen molar-refractivity contribution >= 4 is 54.9 Å². The molecule has 0 radical (unpaired) electrons. The van der Waals surface area contributed by atoms with Crippen LogP contribution in [0.15, 0.2) is 22.7 Å². The number of nitrogens with zero attached hydrogens (tertiary/aromatic N) is 2. The van der Waals surface area contributed by atoms with Gasteiger partial charge in [0.1, 0.15) is 32.9 Å². The number of amides is 1. The van der Waals surface area contributed by atoms with Crippen LogP contribution in [-0.2, 0) is 0 Å². The second-order valence-corrected chi connectivity index (χ2v) is 6.95. The van der Waals surface area contributed by atoms with Crippen LogP contribution in [0.2, 0.25) is 0 Å². The van der Waals surface area contributed by atoms with Crippen LogP contribution < -0.4 is 21.9 Å². The average Bonchev–Trinajstić information content (AvgIpc) is 2.90. The van der Waals surface area contributed by atoms with Gasteiger partial charge in [0.15, 0.2) is 0 Å². The Hall–Kier alpha value is -2.83. The molecule has 0 aliphatic carbocycles. The summed E-state index contributed by atoms with van der Waals surface area (Å²) in [5, 5.41) is 10.1. The summed E-state index contributed by atoms with van der Waals surface area (Å²) in [7, 11) is 1.56. The van der Waals surface area contributed by atoms with Crippen LogP contribution in [0.5, 0.6) is 5.75 Å². The van der Waals surface area contributed by atoms with Crippen LogP contribution in [0.4, 0.5) is 11.5 Å². The van der Waals surface area contributed by atoms with Crippen molar-refractivity contribution in [2.45, 2.75) is 0 Å². The maximum atomic E-state index is 11.6. The molecule has 6 N–H and O–H groups in total. The van der Waals surface area contributed by atoms with Gasteiger partial charge in [-0.15, -0.1) is 11.3 Å². The Morgan fingerprint density at radius 2 is 2.12 bits per heavy atom. The predicted octanol–water partition coefficient (Wildman–Crippen LogP) is 2.87. The molecule has 0 aliphatic heterocycles. The van der Waals surface area contributed by atoms with Crippen molar-refractivity contribution in [2.24, 2.45) is 5.73 Å². The minimum atomic E-state index is -0.655. The number of halogens is 1. The molecule has 0 bridgehead atoms. The first-order valence-electron chi connectivity index (χ1n) is 6.94. The number of hydrogen-bond acceptors (Lipinski definition) is 7. The highest BCUT2D eigenvalue weighted by atomic mass is 79.9. The molecule has 7 nitrogen and oxygen atoms in total. The van der Waals surface area contributed by atoms with Crippen molar-refractivity contribution in [2.75, 3.05) is 18.6 Å². The number of nitrogen functional groups attached to an aromatic ring is 2. The molecule has 2 heterocycles. The lowest BCUT2D eigenvalue weighted by molar-refractivity contribution is 0.100. The van der Waals surface area contributed by atoms with E-state index in [2.05, 4.69) is 27.0 Å². The summed E-state index contributed by atoms with van der Waals surface area (Å²) in [5.41, 5.74) is 19.0. The molecule has 126 valence electrons. The van der Waals surface area contributed by atoms with Gasteiger partial charge in [-0.05, 0) is 23.8 Å². The van der Waals surface area contributed by atoms with Crippen molar-refractivity contribution in [3.8, 4) is 22.9 Å². The quantitative estimate of drug-likeness (QED) is 0.597. The second kappa shape index (κ2) is 6.23. The number of methoxy groups -OCH3 is 1. The van der Waals surface area contributed by atoms with E-state index in [-0.39, 0.29) is 21.9 Å². The Labute approximate surface area is 155 Å². The van der Waals surface area contributed by atoms with Crippen LogP contribution >= 0.6 is 27.3 Å². The molecular formula is C16H12BrN5O2S. The standard InChI is InChI=1S/C16H12BrN5O2S/c1-24-6-2-3-7(9(17)4-6)10-8(5-18)14(20)22-16-11(10)12(19)13(25-16)15(21)23/h2-4H,19H2,1H3,(H2,20,22)(H2,21,23). The molecular weight excluding hydrogens is 406 g/mol. The summed E-state index contributed by atoms with van der Waals surface area (Å²) in [6.45, 7) is 0. The SMILES string of the molecule is COc1ccc(-c2c(C#N)c(N)nc3sc(C(N)=O)c(N)c23)c(Br)c1. The third kappa shape index (κ3) is 2.65. The summed E-state index contributed by atoms with van der Waals surface area (Å²) >= 11 is 4.53. The van der Waals surface area contributed by atoms with E-state index in [1.54, 1.807) is 25.3 Å². The van der Waals surface area contributed by atoms with Crippen molar-refractivity contribution in [1.29, 1.82) is 5.26 Å². The summed E-state index contributed by atoms with van der Waals surface area (Å²) in [6, 6.07) is 7.36. The molecule has 0 atom stereocenters. The molecule has 3 rings (SSSR count). The van der Waals surface area contributed by atoms with Gasteiger partial charge in [-0.1, -0.05) is 15.9 Å². The Bertz CT molecular complexity index is 1070. The van der Waals surface area contributed by atoms with Gasteiger partial charge in [0.2, 0.25) is 0 Å². The number of primary amides is 1. The number of hydrogen-bond donors (Lipinski definition) is 3. The number of benzene rings is 1. The zero-order valence-corrected chi connectivity index (χ0v) is 15.4. The molecule has 2 aromatic heterocycles. The molecule has 0 unspecified atom stereocenters. The Morgan fingerprint density at radius 3 is 2.68 bits per heavy atom. The average molecular weight is 418 g/mol. The van der Waals surface area contributed by atoms with E-state index in [0.717, 1.165) is 11.3 Å². The third-order valence-electron chi connectivity index (χ3n) is 3.69. The highest BCUT2D eigenvalue weighted by Gasteiger charge is 2.24. The zero-order chi connectivity index (χ0) is 18.3. The lowest BCUT2D eigenvalue weighted by Gasteiger charge is -2.12. The molecule has 0 saturated carbocycles. The number of rotatable bonds is 3. The minimum absolute atomic E-state index is 0.0602. The number of nitrogens with two attached hydrogens (primary N) is 3. The van der Waals surface area contributed by atoms with Crippen LogP contribution in [-0.4, -0.2) is 18.0 Å². The zero-order valence-electron chi connectivity index (χ0n) is 13.0. The number of thiophene rings is 1. The van der Waals surface area contributed by atoms with Gasteiger partial charge in [0.05, 0.1) is 12.8 Å². The van der Waals surface area contributed by atoms with Gasteiger partial charge in [-0.3, -0.25) is 4.79 Å². The summed E-state index contributed by atoms with van der Waals surface area (Å²) in [4.78, 5) is 16.5. The van der Waals surface area contributed by atoms with E-state index >= 15 is 0 Å². The number of anilines is 2. The van der Waals surface area contributed by atoms with Crippen LogP contribution in [0.25, 0.3) is 21.3 Å². The number of fused-ring (bicyclic) bond motifs is 1. The van der Waals surface area contributed by atoms with Gasteiger partial charge in [0.25, 0.3) is 5.91 Å². The monoisotopic (exact) mass is 417 g/mol. The maximum absolute atomic E-state index is 11.6. The van der Waals surface area contributed by atoms with E-state index in [1.807, 2.05) is 0 Å². The number of pyridine rings is 1. The van der Waals surface area contributed by atoms with E-state index < -0.39 is 5.91 Å². The molecule has 25 heavy (non-hydrogen) atoms. The van der Waals surface area contributed by atoms with E-state index in [4.69, 9.17) is 21.9 Å². The molecule has 3 aromatic rings. The van der Waals surface area contributed by atoms with Crippen LogP contribution in [0.3, 0.4) is 0 Å². The Balaban J connectivity index is 2.48. The lowest BCUT2D eigenvalue weighted by Crippen LogP contribution is -2.10. The summed E-state index contributed by atoms with van der Waals surface area (Å²) in [6.07, 6.45) is 0. The first-order valence-corrected chi connectivity index (χ1v) is 8.55. The van der Waals surface area contributed by atoms with Gasteiger partial charge >= 0.3 is 0 Å². The third-order valence-corrected chi connectivity index (χ3v) is 5.46. The predicted molar refractivity (Wildman–Crippen MR) is 101 cm³/mol. The molecule has 0 fully saturated rings. The van der Waals surface area contributed by atoms with Crippen LogP contribution in [0.1, 0.15) is 15.2 Å². The topological polar surface area (TPSA) is 141 Å². The summed E-state index contributed by atoms with van der Waals surface area (Å²) < 4.78 is 5.88. The number of carbonyl (C=O) groups is 1. The van der Waals surface area contributed by atoms with Gasteiger partial charge < -0.3 is 21.9 Å². The van der Waals surface area contributed by atoms with E-state index in [1.165, 1.54) is 0 Å². The van der Waals surface area contributed by atoms with E-state index in [9.17, 15) is 10.1 Å². The fourth-order valence-electron chi connectivity index (χ4n) is 2.56. The maximum Gasteiger partial charge on any atom is 0.260 e. The van der Waals surface area contributed by atoms with Gasteiger partial charge in [0, 0.05) is 15.4 Å². The normalized spacial score (nSPS) is 10.6. The molecule has 1 aromatic carbocycles. The van der Waals surface area contributed by atoms with Gasteiger partial charge in [-0.25, -0.2) is 4.98 Å². The van der Waals surface area contributed by atoms with Crippen molar-refractivity contribution < 1.29 is 9.53 Å². The molecule has 0 spiro atoms. The minimum Gasteiger partial charge on any atom is -0.497 e. The largest absolute Gasteiger partial charge is 0.497 e. The smallest absolute Gasteiger partial charge is 0.260 e. The van der Waals surface area contributed by atoms with Crippen molar-refractivity contribution in [3.05, 3.63) is 33.1 Å². The molecule has 1 amide bonds. The highest BCUT2D eigenvalue weighted by molar-refractivity contribution is 9.10. The first-order chi connectivity index (χ1) is 11.9. The number of ether oxygens (including phenoxy) is 1. The Kier molecular flexibility index (Phi) is 4.24. The van der Waals surface area contributed by atoms with Crippen molar-refractivity contribution in [1.82, 2.24) is 4.98 Å². The van der Waals surface area contributed by atoms with E-state index in [0.29, 0.717) is 31.6 Å². The Morgan fingerprint density at radius 1 is 1.40 bits per heavy atom. The summed E-state index contributed by atoms with van der Waals surface area (Å²) in [5.74, 6) is 0.0471. The number of aromatic nitrogens is 1. The molecule has 0 saturated heterocycles.